The lowest BCUT2D eigenvalue weighted by atomic mass is 10.1. The van der Waals surface area contributed by atoms with Gasteiger partial charge in [-0.25, -0.2) is 4.79 Å². The van der Waals surface area contributed by atoms with Crippen molar-refractivity contribution in [2.45, 2.75) is 19.3 Å². The zero-order chi connectivity index (χ0) is 23.1. The number of nitrogens with zero attached hydrogens (tertiary/aromatic N) is 3. The van der Waals surface area contributed by atoms with Crippen LogP contribution >= 0.6 is 0 Å². The Bertz CT molecular complexity index is 1060. The Morgan fingerprint density at radius 3 is 2.41 bits per heavy atom. The molecule has 1 aromatic heterocycles. The van der Waals surface area contributed by atoms with Gasteiger partial charge in [0.1, 0.15) is 5.78 Å². The van der Waals surface area contributed by atoms with E-state index in [1.807, 2.05) is 0 Å². The van der Waals surface area contributed by atoms with Crippen molar-refractivity contribution >= 4 is 35.5 Å². The fraction of sp³-hybridized carbons (Fsp3) is 0.250. The second kappa shape index (κ2) is 10.1. The maximum Gasteiger partial charge on any atom is 0.321 e. The molecule has 12 heteroatoms. The number of aromatic nitrogens is 2. The Balaban J connectivity index is 1.35. The minimum atomic E-state index is -1.29. The molecule has 3 rings (SSSR count). The van der Waals surface area contributed by atoms with Gasteiger partial charge >= 0.3 is 11.9 Å². The summed E-state index contributed by atoms with van der Waals surface area (Å²) in [6.07, 6.45) is 4.36. The van der Waals surface area contributed by atoms with Gasteiger partial charge in [-0.1, -0.05) is 0 Å². The van der Waals surface area contributed by atoms with Crippen LogP contribution in [0.1, 0.15) is 29.6 Å². The molecular weight excluding hydrogens is 422 g/mol. The molecule has 1 aliphatic rings. The maximum atomic E-state index is 11.9. The van der Waals surface area contributed by atoms with Gasteiger partial charge in [-0.2, -0.15) is 0 Å². The topological polar surface area (TPSA) is 166 Å². The Morgan fingerprint density at radius 2 is 1.75 bits per heavy atom. The van der Waals surface area contributed by atoms with Crippen LogP contribution in [0.25, 0.3) is 5.69 Å². The highest BCUT2D eigenvalue weighted by Crippen LogP contribution is 2.07. The summed E-state index contributed by atoms with van der Waals surface area (Å²) in [5, 5.41) is 19.5. The van der Waals surface area contributed by atoms with E-state index in [1.165, 1.54) is 35.1 Å². The number of imide groups is 1. The minimum Gasteiger partial charge on any atom is -0.545 e. The van der Waals surface area contributed by atoms with Crippen molar-refractivity contribution in [2.75, 3.05) is 18.4 Å². The molecule has 2 heterocycles. The number of carbonyl (C=O) groups excluding carboxylic acids is 5. The van der Waals surface area contributed by atoms with Crippen LogP contribution in [0, 0.1) is 0 Å². The first-order valence-electron chi connectivity index (χ1n) is 9.64. The summed E-state index contributed by atoms with van der Waals surface area (Å²) < 4.78 is 6.31. The van der Waals surface area contributed by atoms with Gasteiger partial charge in [-0.05, 0) is 28.8 Å². The number of carboxylic acids is 1. The van der Waals surface area contributed by atoms with Crippen LogP contribution in [-0.4, -0.2) is 52.9 Å². The molecule has 1 aromatic carbocycles. The molecule has 166 valence electrons. The highest BCUT2D eigenvalue weighted by molar-refractivity contribution is 6.13. The number of carboxylic acid groups (broad SMARTS) is 1. The predicted octanol–water partition coefficient (Wildman–Crippen LogP) is -0.899. The Morgan fingerprint density at radius 1 is 1.06 bits per heavy atom. The number of urea groups is 1. The van der Waals surface area contributed by atoms with Gasteiger partial charge < -0.3 is 15.2 Å². The van der Waals surface area contributed by atoms with E-state index >= 15 is 0 Å². The van der Waals surface area contributed by atoms with E-state index in [-0.39, 0.29) is 43.2 Å². The molecular formula is C20H19N5O7. The van der Waals surface area contributed by atoms with Crippen LogP contribution in [0.2, 0.25) is 0 Å². The van der Waals surface area contributed by atoms with Crippen molar-refractivity contribution in [3.8, 4) is 5.69 Å². The van der Waals surface area contributed by atoms with Gasteiger partial charge in [0.25, 0.3) is 18.0 Å². The molecule has 2 aromatic rings. The number of hydrogen-bond donors (Lipinski definition) is 2. The van der Waals surface area contributed by atoms with Gasteiger partial charge in [-0.15, -0.1) is 0 Å². The quantitative estimate of drug-likeness (QED) is 0.272. The average Bonchev–Trinajstić information content (AvgIpc) is 3.36. The molecule has 1 aliphatic heterocycles. The molecule has 32 heavy (non-hydrogen) atoms. The number of aromatic carboxylic acids is 1. The van der Waals surface area contributed by atoms with Crippen LogP contribution in [0.4, 0.5) is 10.7 Å². The fourth-order valence-corrected chi connectivity index (χ4v) is 2.83. The van der Waals surface area contributed by atoms with E-state index < -0.39 is 23.8 Å². The van der Waals surface area contributed by atoms with Crippen molar-refractivity contribution in [3.05, 3.63) is 48.2 Å². The third kappa shape index (κ3) is 5.84. The molecule has 0 spiro atoms. The van der Waals surface area contributed by atoms with E-state index in [1.54, 1.807) is 0 Å². The number of anilines is 1. The molecule has 12 nitrogen and oxygen atoms in total. The van der Waals surface area contributed by atoms with Gasteiger partial charge in [0.05, 0.1) is 5.97 Å². The minimum absolute atomic E-state index is 0.0177. The summed E-state index contributed by atoms with van der Waals surface area (Å²) in [6.45, 7) is 0.262. The number of ketones is 1. The number of rotatable bonds is 10. The lowest BCUT2D eigenvalue weighted by Crippen LogP contribution is -2.33. The van der Waals surface area contributed by atoms with Crippen LogP contribution in [0.15, 0.2) is 47.1 Å². The SMILES string of the molecule is O=C(CCCNC(=O)Nc1c[n+](-c2ccc(C(=O)[O-])cc2)no1)CCN1C(=O)C=CC1=O. The Kier molecular flexibility index (Phi) is 7.06. The molecule has 0 radical (unpaired) electrons. The molecule has 0 saturated carbocycles. The predicted molar refractivity (Wildman–Crippen MR) is 104 cm³/mol. The van der Waals surface area contributed by atoms with Gasteiger partial charge in [0.15, 0.2) is 0 Å². The zero-order valence-corrected chi connectivity index (χ0v) is 16.8. The van der Waals surface area contributed by atoms with Gasteiger partial charge in [0.2, 0.25) is 11.0 Å². The number of benzene rings is 1. The van der Waals surface area contributed by atoms with E-state index in [4.69, 9.17) is 4.52 Å². The normalized spacial score (nSPS) is 12.8. The van der Waals surface area contributed by atoms with Gasteiger partial charge in [-0.3, -0.25) is 29.1 Å². The van der Waals surface area contributed by atoms with E-state index in [9.17, 15) is 29.1 Å². The third-order valence-corrected chi connectivity index (χ3v) is 4.50. The lowest BCUT2D eigenvalue weighted by molar-refractivity contribution is -0.670. The maximum absolute atomic E-state index is 11.9. The van der Waals surface area contributed by atoms with Crippen molar-refractivity contribution in [3.63, 3.8) is 0 Å². The number of hydrogen-bond acceptors (Lipinski definition) is 8. The van der Waals surface area contributed by atoms with Crippen molar-refractivity contribution in [2.24, 2.45) is 0 Å². The number of amides is 4. The Hall–Kier alpha value is -4.35. The van der Waals surface area contributed by atoms with Crippen LogP contribution < -0.4 is 20.4 Å². The van der Waals surface area contributed by atoms with Crippen molar-refractivity contribution in [1.29, 1.82) is 0 Å². The highest BCUT2D eigenvalue weighted by Gasteiger charge is 2.23. The molecule has 0 aliphatic carbocycles. The van der Waals surface area contributed by atoms with Crippen LogP contribution in [0.5, 0.6) is 0 Å². The molecule has 0 saturated heterocycles. The molecule has 0 atom stereocenters. The summed E-state index contributed by atoms with van der Waals surface area (Å²) >= 11 is 0. The smallest absolute Gasteiger partial charge is 0.321 e. The average molecular weight is 441 g/mol. The number of Topliss-reactive ketones (excluding diaryl/α,β-unsaturated/α-hetero) is 1. The lowest BCUT2D eigenvalue weighted by Gasteiger charge is -2.12. The second-order valence-corrected chi connectivity index (χ2v) is 6.78. The molecule has 0 bridgehead atoms. The van der Waals surface area contributed by atoms with Crippen molar-refractivity contribution in [1.82, 2.24) is 15.5 Å². The van der Waals surface area contributed by atoms with E-state index in [2.05, 4.69) is 15.9 Å². The van der Waals surface area contributed by atoms with E-state index in [0.717, 1.165) is 17.1 Å². The molecule has 4 amide bonds. The van der Waals surface area contributed by atoms with Gasteiger partial charge in [0, 0.05) is 50.2 Å². The van der Waals surface area contributed by atoms with E-state index in [0.29, 0.717) is 12.1 Å². The summed E-state index contributed by atoms with van der Waals surface area (Å²) in [5.74, 6) is -2.22. The van der Waals surface area contributed by atoms with Crippen LogP contribution in [0.3, 0.4) is 0 Å². The first-order chi connectivity index (χ1) is 15.3. The van der Waals surface area contributed by atoms with Crippen molar-refractivity contribution < 1.29 is 38.3 Å². The van der Waals surface area contributed by atoms with Crippen LogP contribution in [-0.2, 0) is 14.4 Å². The molecule has 0 unspecified atom stereocenters. The third-order valence-electron chi connectivity index (χ3n) is 4.50. The zero-order valence-electron chi connectivity index (χ0n) is 16.8. The standard InChI is InChI=1S/C20H19N5O7/c26-15(9-11-24-17(27)7-8-18(24)28)2-1-10-21-20(31)22-16-12-25(23-32-16)14-5-3-13(4-6-14)19(29)30/h3-8,12H,1-2,9-11H2,(H2-,21,22,23,29,30,31). The summed E-state index contributed by atoms with van der Waals surface area (Å²) in [7, 11) is 0. The summed E-state index contributed by atoms with van der Waals surface area (Å²) in [6, 6.07) is 5.14. The second-order valence-electron chi connectivity index (χ2n) is 6.78. The fourth-order valence-electron chi connectivity index (χ4n) is 2.83. The molecule has 0 fully saturated rings. The monoisotopic (exact) mass is 441 g/mol. The summed E-state index contributed by atoms with van der Waals surface area (Å²) in [5.41, 5.74) is 0.530. The number of nitrogens with one attached hydrogen (secondary N) is 2. The molecule has 2 N–H and O–H groups in total. The Labute approximate surface area is 181 Å². The summed E-state index contributed by atoms with van der Waals surface area (Å²) in [4.78, 5) is 58.4. The highest BCUT2D eigenvalue weighted by atomic mass is 16.5. The largest absolute Gasteiger partial charge is 0.545 e. The first-order valence-corrected chi connectivity index (χ1v) is 9.64. The first kappa shape index (κ1) is 22.3. The number of carbonyl (C=O) groups is 5.